The van der Waals surface area contributed by atoms with E-state index in [1.54, 1.807) is 24.3 Å². The Hall–Kier alpha value is -2.95. The van der Waals surface area contributed by atoms with Crippen molar-refractivity contribution in [1.82, 2.24) is 19.2 Å². The van der Waals surface area contributed by atoms with Crippen LogP contribution in [0.5, 0.6) is 11.5 Å². The first-order valence-corrected chi connectivity index (χ1v) is 12.5. The SMILES string of the molecule is C[C@H](c1nc2ccccc2c(=O)[nH]1)N1CCN(S(=O)(=O)c2ccc3c(c2)OCCCO3)CC1. The maximum atomic E-state index is 13.2. The van der Waals surface area contributed by atoms with Crippen LogP contribution in [0.3, 0.4) is 0 Å². The molecule has 0 radical (unpaired) electrons. The summed E-state index contributed by atoms with van der Waals surface area (Å²) < 4.78 is 39.3. The standard InChI is InChI=1S/C23H26N4O5S/c1-16(22-24-19-6-3-2-5-18(19)23(28)25-22)26-9-11-27(12-10-26)33(29,30)17-7-8-20-21(15-17)32-14-4-13-31-20/h2-3,5-8,15-16H,4,9-14H2,1H3,(H,24,25,28)/t16-/m1/s1. The number of sulfonamides is 1. The zero-order valence-electron chi connectivity index (χ0n) is 18.4. The monoisotopic (exact) mass is 470 g/mol. The minimum absolute atomic E-state index is 0.148. The topological polar surface area (TPSA) is 105 Å². The number of benzene rings is 2. The number of hydrogen-bond donors (Lipinski definition) is 1. The van der Waals surface area contributed by atoms with Crippen LogP contribution >= 0.6 is 0 Å². The number of aromatic nitrogens is 2. The predicted molar refractivity (Wildman–Crippen MR) is 123 cm³/mol. The Morgan fingerprint density at radius 3 is 2.52 bits per heavy atom. The van der Waals surface area contributed by atoms with Crippen LogP contribution in [0.25, 0.3) is 10.9 Å². The molecular weight excluding hydrogens is 444 g/mol. The van der Waals surface area contributed by atoms with Crippen molar-refractivity contribution in [2.45, 2.75) is 24.3 Å². The first-order chi connectivity index (χ1) is 15.9. The molecule has 174 valence electrons. The van der Waals surface area contributed by atoms with Gasteiger partial charge in [-0.3, -0.25) is 9.69 Å². The summed E-state index contributed by atoms with van der Waals surface area (Å²) in [6.07, 6.45) is 0.758. The number of hydrogen-bond acceptors (Lipinski definition) is 7. The average molecular weight is 471 g/mol. The largest absolute Gasteiger partial charge is 0.490 e. The lowest BCUT2D eigenvalue weighted by Crippen LogP contribution is -2.49. The number of aromatic amines is 1. The minimum atomic E-state index is -3.66. The molecule has 1 saturated heterocycles. The van der Waals surface area contributed by atoms with Crippen LogP contribution in [0.15, 0.2) is 52.2 Å². The number of para-hydroxylation sites is 1. The first-order valence-electron chi connectivity index (χ1n) is 11.1. The van der Waals surface area contributed by atoms with Gasteiger partial charge in [0.15, 0.2) is 11.5 Å². The van der Waals surface area contributed by atoms with E-state index in [2.05, 4.69) is 14.9 Å². The molecule has 0 aliphatic carbocycles. The third kappa shape index (κ3) is 4.21. The van der Waals surface area contributed by atoms with Gasteiger partial charge in [-0.15, -0.1) is 0 Å². The van der Waals surface area contributed by atoms with Gasteiger partial charge >= 0.3 is 0 Å². The lowest BCUT2D eigenvalue weighted by molar-refractivity contribution is 0.141. The molecule has 3 heterocycles. The van der Waals surface area contributed by atoms with Crippen LogP contribution in [-0.2, 0) is 10.0 Å². The van der Waals surface area contributed by atoms with Gasteiger partial charge in [0.1, 0.15) is 5.82 Å². The summed E-state index contributed by atoms with van der Waals surface area (Å²) in [6.45, 7) is 4.77. The Morgan fingerprint density at radius 2 is 1.73 bits per heavy atom. The van der Waals surface area contributed by atoms with Crippen LogP contribution in [-0.4, -0.2) is 67.0 Å². The lowest BCUT2D eigenvalue weighted by Gasteiger charge is -2.37. The number of fused-ring (bicyclic) bond motifs is 2. The number of piperazine rings is 1. The normalized spacial score (nSPS) is 18.7. The Bertz CT molecular complexity index is 1330. The fraction of sp³-hybridized carbons (Fsp3) is 0.391. The summed E-state index contributed by atoms with van der Waals surface area (Å²) in [5, 5.41) is 0.555. The van der Waals surface area contributed by atoms with Crippen LogP contribution < -0.4 is 15.0 Å². The average Bonchev–Trinajstić information content (AvgIpc) is 3.08. The van der Waals surface area contributed by atoms with Gasteiger partial charge in [-0.05, 0) is 31.2 Å². The van der Waals surface area contributed by atoms with Crippen molar-refractivity contribution >= 4 is 20.9 Å². The van der Waals surface area contributed by atoms with E-state index in [9.17, 15) is 13.2 Å². The molecule has 1 aromatic heterocycles. The van der Waals surface area contributed by atoms with Crippen LogP contribution in [0.1, 0.15) is 25.2 Å². The number of H-pyrrole nitrogens is 1. The summed E-state index contributed by atoms with van der Waals surface area (Å²) in [5.74, 6) is 1.62. The highest BCUT2D eigenvalue weighted by Gasteiger charge is 2.32. The van der Waals surface area contributed by atoms with E-state index < -0.39 is 10.0 Å². The quantitative estimate of drug-likeness (QED) is 0.623. The summed E-state index contributed by atoms with van der Waals surface area (Å²) in [4.78, 5) is 22.3. The highest BCUT2D eigenvalue weighted by molar-refractivity contribution is 7.89. The van der Waals surface area contributed by atoms with E-state index in [-0.39, 0.29) is 16.5 Å². The van der Waals surface area contributed by atoms with Gasteiger partial charge in [-0.2, -0.15) is 4.31 Å². The molecule has 0 unspecified atom stereocenters. The molecule has 2 aromatic carbocycles. The van der Waals surface area contributed by atoms with Crippen molar-refractivity contribution in [1.29, 1.82) is 0 Å². The second-order valence-electron chi connectivity index (χ2n) is 8.24. The number of ether oxygens (including phenoxy) is 2. The second kappa shape index (κ2) is 8.77. The highest BCUT2D eigenvalue weighted by Crippen LogP contribution is 2.33. The summed E-state index contributed by atoms with van der Waals surface area (Å²) in [5.41, 5.74) is 0.483. The van der Waals surface area contributed by atoms with E-state index in [4.69, 9.17) is 9.47 Å². The number of nitrogens with one attached hydrogen (secondary N) is 1. The van der Waals surface area contributed by atoms with Gasteiger partial charge in [0.2, 0.25) is 10.0 Å². The third-order valence-electron chi connectivity index (χ3n) is 6.20. The van der Waals surface area contributed by atoms with Crippen molar-refractivity contribution < 1.29 is 17.9 Å². The summed E-state index contributed by atoms with van der Waals surface area (Å²) in [6, 6.07) is 11.9. The summed E-state index contributed by atoms with van der Waals surface area (Å²) in [7, 11) is -3.66. The molecule has 33 heavy (non-hydrogen) atoms. The van der Waals surface area contributed by atoms with Gasteiger partial charge < -0.3 is 14.5 Å². The molecule has 9 nitrogen and oxygen atoms in total. The zero-order chi connectivity index (χ0) is 23.0. The van der Waals surface area contributed by atoms with Gasteiger partial charge in [-0.25, -0.2) is 13.4 Å². The van der Waals surface area contributed by atoms with E-state index in [0.29, 0.717) is 67.6 Å². The van der Waals surface area contributed by atoms with Gasteiger partial charge in [0.25, 0.3) is 5.56 Å². The third-order valence-corrected chi connectivity index (χ3v) is 8.10. The molecule has 2 aliphatic heterocycles. The minimum Gasteiger partial charge on any atom is -0.490 e. The molecule has 10 heteroatoms. The van der Waals surface area contributed by atoms with Crippen LogP contribution in [0.4, 0.5) is 0 Å². The predicted octanol–water partition coefficient (Wildman–Crippen LogP) is 2.15. The molecule has 5 rings (SSSR count). The summed E-state index contributed by atoms with van der Waals surface area (Å²) >= 11 is 0. The van der Waals surface area contributed by atoms with Crippen molar-refractivity contribution in [2.75, 3.05) is 39.4 Å². The molecule has 1 atom stereocenters. The highest BCUT2D eigenvalue weighted by atomic mass is 32.2. The zero-order valence-corrected chi connectivity index (χ0v) is 19.2. The Labute approximate surface area is 192 Å². The van der Waals surface area contributed by atoms with Crippen LogP contribution in [0, 0.1) is 0 Å². The van der Waals surface area contributed by atoms with Gasteiger partial charge in [0.05, 0.1) is 35.1 Å². The second-order valence-corrected chi connectivity index (χ2v) is 10.2. The molecule has 0 saturated carbocycles. The van der Waals surface area contributed by atoms with Crippen molar-refractivity contribution in [2.24, 2.45) is 0 Å². The fourth-order valence-corrected chi connectivity index (χ4v) is 5.70. The molecule has 0 bridgehead atoms. The van der Waals surface area contributed by atoms with Gasteiger partial charge in [0, 0.05) is 38.7 Å². The molecule has 1 fully saturated rings. The lowest BCUT2D eigenvalue weighted by atomic mass is 10.2. The van der Waals surface area contributed by atoms with E-state index in [0.717, 1.165) is 6.42 Å². The molecule has 3 aromatic rings. The molecule has 1 N–H and O–H groups in total. The van der Waals surface area contributed by atoms with Crippen molar-refractivity contribution in [3.63, 3.8) is 0 Å². The number of rotatable bonds is 4. The maximum absolute atomic E-state index is 13.2. The van der Waals surface area contributed by atoms with Crippen molar-refractivity contribution in [3.05, 3.63) is 58.6 Å². The Morgan fingerprint density at radius 1 is 1.00 bits per heavy atom. The van der Waals surface area contributed by atoms with Crippen LogP contribution in [0.2, 0.25) is 0 Å². The Kier molecular flexibility index (Phi) is 5.81. The van der Waals surface area contributed by atoms with E-state index >= 15 is 0 Å². The molecule has 2 aliphatic rings. The molecule has 0 spiro atoms. The smallest absolute Gasteiger partial charge is 0.258 e. The molecular formula is C23H26N4O5S. The fourth-order valence-electron chi connectivity index (χ4n) is 4.26. The van der Waals surface area contributed by atoms with E-state index in [1.807, 2.05) is 25.1 Å². The number of nitrogens with zero attached hydrogens (tertiary/aromatic N) is 3. The van der Waals surface area contributed by atoms with Gasteiger partial charge in [-0.1, -0.05) is 12.1 Å². The van der Waals surface area contributed by atoms with Crippen molar-refractivity contribution in [3.8, 4) is 11.5 Å². The Balaban J connectivity index is 1.30. The first kappa shape index (κ1) is 21.9. The molecule has 0 amide bonds. The van der Waals surface area contributed by atoms with E-state index in [1.165, 1.54) is 4.31 Å². The maximum Gasteiger partial charge on any atom is 0.258 e.